The molecule has 0 bridgehead atoms. The number of piperazine rings is 1. The zero-order valence-electron chi connectivity index (χ0n) is 21.5. The number of nitrogens with one attached hydrogen (secondary N) is 2. The lowest BCUT2D eigenvalue weighted by Gasteiger charge is -2.32. The standard InChI is InChI=1S/C26H35ClN6O3S/c1-4-26(2,18-29-37(35,36)16-15-33-13-11-32(3)12-14-33)25-30-23(19-7-9-28-10-8-19)24(31-25)20-5-6-21(27)22(34)17-20/h5-10,17,29,34H,4,11-16,18H2,1-3H3,(H,30,31). The number of aromatic nitrogens is 3. The number of aromatic amines is 1. The summed E-state index contributed by atoms with van der Waals surface area (Å²) >= 11 is 6.03. The minimum atomic E-state index is -3.47. The number of phenolic OH excluding ortho intramolecular Hbond substituents is 1. The summed E-state index contributed by atoms with van der Waals surface area (Å²) in [5, 5.41) is 10.5. The van der Waals surface area contributed by atoms with E-state index in [-0.39, 0.29) is 23.1 Å². The third-order valence-electron chi connectivity index (χ3n) is 7.20. The van der Waals surface area contributed by atoms with Gasteiger partial charge in [0, 0.05) is 68.2 Å². The highest BCUT2D eigenvalue weighted by atomic mass is 35.5. The Balaban J connectivity index is 1.56. The van der Waals surface area contributed by atoms with Gasteiger partial charge >= 0.3 is 0 Å². The van der Waals surface area contributed by atoms with Crippen molar-refractivity contribution in [2.75, 3.05) is 52.1 Å². The van der Waals surface area contributed by atoms with Gasteiger partial charge in [-0.2, -0.15) is 0 Å². The van der Waals surface area contributed by atoms with E-state index in [2.05, 4.69) is 31.5 Å². The minimum absolute atomic E-state index is 0.0317. The number of nitrogens with zero attached hydrogens (tertiary/aromatic N) is 4. The fraction of sp³-hybridized carbons (Fsp3) is 0.462. The highest BCUT2D eigenvalue weighted by Crippen LogP contribution is 2.37. The van der Waals surface area contributed by atoms with E-state index in [0.29, 0.717) is 30.0 Å². The van der Waals surface area contributed by atoms with Gasteiger partial charge in [0.1, 0.15) is 11.6 Å². The summed E-state index contributed by atoms with van der Waals surface area (Å²) < 4.78 is 28.6. The second kappa shape index (κ2) is 11.5. The molecule has 3 heterocycles. The largest absolute Gasteiger partial charge is 0.506 e. The summed E-state index contributed by atoms with van der Waals surface area (Å²) in [5.74, 6) is 0.690. The van der Waals surface area contributed by atoms with Crippen molar-refractivity contribution in [2.45, 2.75) is 25.7 Å². The van der Waals surface area contributed by atoms with E-state index in [1.807, 2.05) is 26.0 Å². The Morgan fingerprint density at radius 2 is 1.84 bits per heavy atom. The molecule has 37 heavy (non-hydrogen) atoms. The van der Waals surface area contributed by atoms with Crippen LogP contribution in [0.15, 0.2) is 42.7 Å². The zero-order chi connectivity index (χ0) is 26.6. The first-order chi connectivity index (χ1) is 17.6. The Kier molecular flexibility index (Phi) is 8.55. The van der Waals surface area contributed by atoms with Crippen LogP contribution in [-0.4, -0.2) is 90.3 Å². The molecule has 0 radical (unpaired) electrons. The van der Waals surface area contributed by atoms with Crippen LogP contribution in [0.3, 0.4) is 0 Å². The monoisotopic (exact) mass is 546 g/mol. The molecule has 1 aliphatic rings. The van der Waals surface area contributed by atoms with Crippen molar-refractivity contribution >= 4 is 21.6 Å². The van der Waals surface area contributed by atoms with Gasteiger partial charge in [-0.25, -0.2) is 18.1 Å². The van der Waals surface area contributed by atoms with E-state index >= 15 is 0 Å². The number of hydrogen-bond acceptors (Lipinski definition) is 7. The van der Waals surface area contributed by atoms with Gasteiger partial charge in [0.25, 0.3) is 0 Å². The summed E-state index contributed by atoms with van der Waals surface area (Å²) in [6, 6.07) is 8.76. The van der Waals surface area contributed by atoms with Crippen LogP contribution in [-0.2, 0) is 15.4 Å². The Bertz CT molecular complexity index is 1310. The summed E-state index contributed by atoms with van der Waals surface area (Å²) in [6.45, 7) is 8.40. The van der Waals surface area contributed by atoms with Gasteiger partial charge in [-0.05, 0) is 37.7 Å². The highest BCUT2D eigenvalue weighted by molar-refractivity contribution is 7.89. The topological polar surface area (TPSA) is 114 Å². The van der Waals surface area contributed by atoms with Gasteiger partial charge in [-0.15, -0.1) is 0 Å². The lowest BCUT2D eigenvalue weighted by molar-refractivity contribution is 0.161. The van der Waals surface area contributed by atoms with Crippen molar-refractivity contribution in [1.29, 1.82) is 0 Å². The second-order valence-electron chi connectivity index (χ2n) is 9.91. The van der Waals surface area contributed by atoms with Gasteiger partial charge < -0.3 is 15.0 Å². The summed E-state index contributed by atoms with van der Waals surface area (Å²) in [6.07, 6.45) is 4.06. The van der Waals surface area contributed by atoms with E-state index in [1.165, 1.54) is 0 Å². The lowest BCUT2D eigenvalue weighted by Crippen LogP contribution is -2.47. The Hall–Kier alpha value is -2.50. The average molecular weight is 547 g/mol. The molecule has 1 saturated heterocycles. The van der Waals surface area contributed by atoms with E-state index in [1.54, 1.807) is 30.6 Å². The SMILES string of the molecule is CCC(C)(CNS(=O)(=O)CCN1CCN(C)CC1)c1nc(-c2ccc(Cl)c(O)c2)c(-c2ccncc2)[nH]1. The molecular formula is C26H35ClN6O3S. The van der Waals surface area contributed by atoms with Gasteiger partial charge in [0.15, 0.2) is 0 Å². The minimum Gasteiger partial charge on any atom is -0.506 e. The summed E-state index contributed by atoms with van der Waals surface area (Å²) in [4.78, 5) is 16.9. The summed E-state index contributed by atoms with van der Waals surface area (Å²) in [5.41, 5.74) is 2.39. The molecule has 11 heteroatoms. The first-order valence-corrected chi connectivity index (χ1v) is 14.5. The Labute approximate surface area is 223 Å². The van der Waals surface area contributed by atoms with E-state index in [9.17, 15) is 13.5 Å². The van der Waals surface area contributed by atoms with E-state index in [0.717, 1.165) is 37.4 Å². The van der Waals surface area contributed by atoms with Crippen LogP contribution in [0.5, 0.6) is 5.75 Å². The van der Waals surface area contributed by atoms with Crippen molar-refractivity contribution in [2.24, 2.45) is 0 Å². The van der Waals surface area contributed by atoms with Crippen LogP contribution >= 0.6 is 11.6 Å². The van der Waals surface area contributed by atoms with Gasteiger partial charge in [0.05, 0.1) is 22.2 Å². The van der Waals surface area contributed by atoms with Crippen LogP contribution in [0.1, 0.15) is 26.1 Å². The average Bonchev–Trinajstić information content (AvgIpc) is 3.35. The molecule has 0 spiro atoms. The molecule has 1 atom stereocenters. The molecular weight excluding hydrogens is 512 g/mol. The quantitative estimate of drug-likeness (QED) is 0.357. The Morgan fingerprint density at radius 1 is 1.14 bits per heavy atom. The van der Waals surface area contributed by atoms with Crippen molar-refractivity contribution in [3.05, 3.63) is 53.6 Å². The van der Waals surface area contributed by atoms with Crippen LogP contribution in [0.25, 0.3) is 22.5 Å². The van der Waals surface area contributed by atoms with Crippen LogP contribution in [0, 0.1) is 0 Å². The summed E-state index contributed by atoms with van der Waals surface area (Å²) in [7, 11) is -1.39. The number of aromatic hydroxyl groups is 1. The molecule has 9 nitrogen and oxygen atoms in total. The predicted octanol–water partition coefficient (Wildman–Crippen LogP) is 3.33. The van der Waals surface area contributed by atoms with Crippen molar-refractivity contribution in [1.82, 2.24) is 29.5 Å². The third-order valence-corrected chi connectivity index (χ3v) is 8.82. The fourth-order valence-electron chi connectivity index (χ4n) is 4.29. The molecule has 1 aliphatic heterocycles. The number of pyridine rings is 1. The highest BCUT2D eigenvalue weighted by Gasteiger charge is 2.32. The number of likely N-dealkylation sites (N-methyl/N-ethyl adjacent to an activating group) is 1. The number of rotatable bonds is 10. The molecule has 200 valence electrons. The second-order valence-corrected chi connectivity index (χ2v) is 12.2. The molecule has 0 saturated carbocycles. The molecule has 0 amide bonds. The predicted molar refractivity (Wildman–Crippen MR) is 147 cm³/mol. The zero-order valence-corrected chi connectivity index (χ0v) is 23.1. The van der Waals surface area contributed by atoms with Crippen LogP contribution < -0.4 is 4.72 Å². The lowest BCUT2D eigenvalue weighted by atomic mass is 9.87. The third kappa shape index (κ3) is 6.69. The Morgan fingerprint density at radius 3 is 2.49 bits per heavy atom. The van der Waals surface area contributed by atoms with E-state index in [4.69, 9.17) is 16.6 Å². The first kappa shape index (κ1) is 27.5. The smallest absolute Gasteiger partial charge is 0.212 e. The number of H-pyrrole nitrogens is 1. The molecule has 3 N–H and O–H groups in total. The van der Waals surface area contributed by atoms with Crippen molar-refractivity contribution in [3.63, 3.8) is 0 Å². The molecule has 1 aromatic carbocycles. The number of hydrogen-bond donors (Lipinski definition) is 3. The number of phenols is 1. The number of halogens is 1. The van der Waals surface area contributed by atoms with Gasteiger partial charge in [-0.1, -0.05) is 31.5 Å². The maximum Gasteiger partial charge on any atom is 0.212 e. The van der Waals surface area contributed by atoms with Gasteiger partial charge in [0.2, 0.25) is 10.0 Å². The molecule has 0 aliphatic carbocycles. The number of imidazole rings is 1. The van der Waals surface area contributed by atoms with Crippen molar-refractivity contribution in [3.8, 4) is 28.3 Å². The van der Waals surface area contributed by atoms with Gasteiger partial charge in [-0.3, -0.25) is 9.88 Å². The van der Waals surface area contributed by atoms with E-state index < -0.39 is 15.4 Å². The number of benzene rings is 1. The number of sulfonamides is 1. The van der Waals surface area contributed by atoms with Crippen LogP contribution in [0.2, 0.25) is 5.02 Å². The first-order valence-electron chi connectivity index (χ1n) is 12.5. The maximum absolute atomic E-state index is 12.9. The molecule has 4 rings (SSSR count). The van der Waals surface area contributed by atoms with Crippen LogP contribution in [0.4, 0.5) is 0 Å². The normalized spacial score (nSPS) is 17.1. The fourth-order valence-corrected chi connectivity index (χ4v) is 5.59. The molecule has 2 aromatic heterocycles. The maximum atomic E-state index is 12.9. The molecule has 3 aromatic rings. The van der Waals surface area contributed by atoms with Crippen molar-refractivity contribution < 1.29 is 13.5 Å². The molecule has 1 unspecified atom stereocenters. The molecule has 1 fully saturated rings.